The van der Waals surface area contributed by atoms with Gasteiger partial charge >= 0.3 is 0 Å². The summed E-state index contributed by atoms with van der Waals surface area (Å²) in [5, 5.41) is 10.2. The Hall–Kier alpha value is -1.06. The summed E-state index contributed by atoms with van der Waals surface area (Å²) in [5.74, 6) is -2.07. The molecule has 3 fully saturated rings. The predicted molar refractivity (Wildman–Crippen MR) is 89.8 cm³/mol. The van der Waals surface area contributed by atoms with E-state index in [0.717, 1.165) is 5.56 Å². The molecule has 3 saturated heterocycles. The molecule has 26 heavy (non-hydrogen) atoms. The number of hydrogen-bond acceptors (Lipinski definition) is 7. The van der Waals surface area contributed by atoms with Crippen LogP contribution in [0.4, 0.5) is 0 Å². The van der Waals surface area contributed by atoms with E-state index >= 15 is 0 Å². The number of ether oxygens (including phenoxy) is 6. The highest BCUT2D eigenvalue weighted by Crippen LogP contribution is 2.50. The van der Waals surface area contributed by atoms with Gasteiger partial charge in [-0.2, -0.15) is 0 Å². The maximum atomic E-state index is 10.2. The van der Waals surface area contributed by atoms with E-state index < -0.39 is 42.5 Å². The Morgan fingerprint density at radius 3 is 2.58 bits per heavy atom. The lowest BCUT2D eigenvalue weighted by atomic mass is 9.94. The van der Waals surface area contributed by atoms with Crippen molar-refractivity contribution >= 4 is 0 Å². The van der Waals surface area contributed by atoms with E-state index in [0.29, 0.717) is 19.4 Å². The molecule has 0 aromatic heterocycles. The van der Waals surface area contributed by atoms with Crippen molar-refractivity contribution in [3.05, 3.63) is 35.9 Å². The van der Waals surface area contributed by atoms with Gasteiger partial charge in [0.15, 0.2) is 18.4 Å². The van der Waals surface area contributed by atoms with Gasteiger partial charge in [-0.3, -0.25) is 0 Å². The Kier molecular flexibility index (Phi) is 4.81. The highest BCUT2D eigenvalue weighted by molar-refractivity contribution is 5.14. The van der Waals surface area contributed by atoms with Gasteiger partial charge in [0.05, 0.1) is 6.61 Å². The molecule has 3 unspecified atom stereocenters. The smallest absolute Gasteiger partial charge is 0.229 e. The van der Waals surface area contributed by atoms with Gasteiger partial charge in [0.25, 0.3) is 0 Å². The van der Waals surface area contributed by atoms with Crippen LogP contribution in [-0.2, 0) is 35.0 Å². The number of methoxy groups -OCH3 is 1. The second-order valence-electron chi connectivity index (χ2n) is 7.40. The Morgan fingerprint density at radius 1 is 1.08 bits per heavy atom. The maximum absolute atomic E-state index is 10.2. The van der Waals surface area contributed by atoms with Crippen LogP contribution in [0, 0.1) is 0 Å². The lowest BCUT2D eigenvalue weighted by Crippen LogP contribution is -2.59. The van der Waals surface area contributed by atoms with Gasteiger partial charge in [-0.25, -0.2) is 0 Å². The zero-order chi connectivity index (χ0) is 18.4. The molecule has 0 saturated carbocycles. The Morgan fingerprint density at radius 2 is 1.85 bits per heavy atom. The van der Waals surface area contributed by atoms with Gasteiger partial charge < -0.3 is 33.5 Å². The number of aliphatic hydroxyl groups excluding tert-OH is 1. The Bertz CT molecular complexity index is 622. The lowest BCUT2D eigenvalue weighted by Gasteiger charge is -2.44. The van der Waals surface area contributed by atoms with Gasteiger partial charge in [-0.15, -0.1) is 0 Å². The summed E-state index contributed by atoms with van der Waals surface area (Å²) >= 11 is 0. The molecule has 3 heterocycles. The summed E-state index contributed by atoms with van der Waals surface area (Å²) in [7, 11) is 1.55. The fourth-order valence-electron chi connectivity index (χ4n) is 3.96. The zero-order valence-electron chi connectivity index (χ0n) is 15.3. The van der Waals surface area contributed by atoms with E-state index in [4.69, 9.17) is 28.4 Å². The van der Waals surface area contributed by atoms with Crippen molar-refractivity contribution in [2.45, 2.75) is 75.8 Å². The zero-order valence-corrected chi connectivity index (χ0v) is 15.3. The minimum absolute atomic E-state index is 0.412. The van der Waals surface area contributed by atoms with Crippen LogP contribution in [0.15, 0.2) is 30.3 Å². The molecule has 144 valence electrons. The van der Waals surface area contributed by atoms with Crippen molar-refractivity contribution in [1.29, 1.82) is 0 Å². The van der Waals surface area contributed by atoms with Crippen LogP contribution in [0.25, 0.3) is 0 Å². The van der Waals surface area contributed by atoms with Crippen LogP contribution >= 0.6 is 0 Å². The first-order chi connectivity index (χ1) is 12.4. The van der Waals surface area contributed by atoms with Crippen LogP contribution in [0.2, 0.25) is 0 Å². The van der Waals surface area contributed by atoms with Crippen LogP contribution in [-0.4, -0.2) is 54.7 Å². The highest BCUT2D eigenvalue weighted by atomic mass is 16.9. The molecule has 6 atom stereocenters. The van der Waals surface area contributed by atoms with Crippen molar-refractivity contribution in [2.75, 3.05) is 7.11 Å². The van der Waals surface area contributed by atoms with Crippen molar-refractivity contribution in [3.8, 4) is 0 Å². The van der Waals surface area contributed by atoms with E-state index in [9.17, 15) is 5.11 Å². The SMILES string of the molecule is COC1OC2(OC(O)CC[C@H]2OCc2ccccc2)[C@@H]2OC(C)(C)O[C@H]12. The summed E-state index contributed by atoms with van der Waals surface area (Å²) < 4.78 is 35.7. The first-order valence-electron chi connectivity index (χ1n) is 9.01. The molecule has 7 heteroatoms. The summed E-state index contributed by atoms with van der Waals surface area (Å²) in [4.78, 5) is 0. The summed E-state index contributed by atoms with van der Waals surface area (Å²) in [5.41, 5.74) is 1.05. The second-order valence-corrected chi connectivity index (χ2v) is 7.40. The van der Waals surface area contributed by atoms with Crippen molar-refractivity contribution in [3.63, 3.8) is 0 Å². The fourth-order valence-corrected chi connectivity index (χ4v) is 3.96. The van der Waals surface area contributed by atoms with Gasteiger partial charge in [0, 0.05) is 13.5 Å². The van der Waals surface area contributed by atoms with Gasteiger partial charge in [-0.05, 0) is 25.8 Å². The van der Waals surface area contributed by atoms with Crippen LogP contribution in [0.1, 0.15) is 32.3 Å². The number of rotatable bonds is 4. The molecular formula is C19H26O7. The molecule has 3 aliphatic rings. The molecule has 3 aliphatic heterocycles. The van der Waals surface area contributed by atoms with Crippen LogP contribution in [0.5, 0.6) is 0 Å². The first-order valence-corrected chi connectivity index (χ1v) is 9.01. The summed E-state index contributed by atoms with van der Waals surface area (Å²) in [6.45, 7) is 4.09. The monoisotopic (exact) mass is 366 g/mol. The van der Waals surface area contributed by atoms with Gasteiger partial charge in [0.2, 0.25) is 5.79 Å². The minimum atomic E-state index is -1.27. The number of aliphatic hydroxyl groups is 1. The molecule has 1 spiro atoms. The first kappa shape index (κ1) is 18.3. The molecule has 1 aromatic rings. The van der Waals surface area contributed by atoms with Crippen LogP contribution in [0.3, 0.4) is 0 Å². The quantitative estimate of drug-likeness (QED) is 0.872. The predicted octanol–water partition coefficient (Wildman–Crippen LogP) is 1.92. The molecule has 1 aromatic carbocycles. The summed E-state index contributed by atoms with van der Waals surface area (Å²) in [6.07, 6.45) is -2.00. The van der Waals surface area contributed by atoms with Gasteiger partial charge in [-0.1, -0.05) is 30.3 Å². The maximum Gasteiger partial charge on any atom is 0.229 e. The topological polar surface area (TPSA) is 75.6 Å². The Labute approximate surface area is 153 Å². The van der Waals surface area contributed by atoms with E-state index in [-0.39, 0.29) is 0 Å². The molecule has 0 radical (unpaired) electrons. The fraction of sp³-hybridized carbons (Fsp3) is 0.684. The largest absolute Gasteiger partial charge is 0.368 e. The van der Waals surface area contributed by atoms with Crippen molar-refractivity contribution < 1.29 is 33.5 Å². The lowest BCUT2D eigenvalue weighted by molar-refractivity contribution is -0.398. The standard InChI is InChI=1S/C19H26O7/c1-18(2)24-15-16(25-18)19(26-17(15)21-3)13(9-10-14(20)23-19)22-11-12-7-5-4-6-8-12/h4-8,13-17,20H,9-11H2,1-3H3/t13-,14?,15+,16-,17?,19?/m1/s1. The van der Waals surface area contributed by atoms with Crippen molar-refractivity contribution in [2.24, 2.45) is 0 Å². The highest BCUT2D eigenvalue weighted by Gasteiger charge is 2.69. The average Bonchev–Trinajstić information content (AvgIpc) is 3.08. The minimum Gasteiger partial charge on any atom is -0.368 e. The molecule has 1 N–H and O–H groups in total. The third kappa shape index (κ3) is 3.18. The molecule has 0 aliphatic carbocycles. The van der Waals surface area contributed by atoms with E-state index in [1.165, 1.54) is 0 Å². The third-order valence-corrected chi connectivity index (χ3v) is 5.07. The van der Waals surface area contributed by atoms with Crippen LogP contribution < -0.4 is 0 Å². The summed E-state index contributed by atoms with van der Waals surface area (Å²) in [6, 6.07) is 9.90. The second kappa shape index (κ2) is 6.83. The third-order valence-electron chi connectivity index (χ3n) is 5.07. The molecular weight excluding hydrogens is 340 g/mol. The molecule has 0 amide bonds. The van der Waals surface area contributed by atoms with Gasteiger partial charge in [0.1, 0.15) is 18.3 Å². The average molecular weight is 366 g/mol. The van der Waals surface area contributed by atoms with E-state index in [1.807, 2.05) is 44.2 Å². The molecule has 4 rings (SSSR count). The number of benzene rings is 1. The molecule has 0 bridgehead atoms. The normalized spacial score (nSPS) is 41.5. The van der Waals surface area contributed by atoms with E-state index in [1.54, 1.807) is 7.11 Å². The van der Waals surface area contributed by atoms with E-state index in [2.05, 4.69) is 0 Å². The Balaban J connectivity index is 1.59. The number of fused-ring (bicyclic) bond motifs is 2. The number of hydrogen-bond donors (Lipinski definition) is 1. The van der Waals surface area contributed by atoms with Crippen molar-refractivity contribution in [1.82, 2.24) is 0 Å². The molecule has 7 nitrogen and oxygen atoms in total.